The number of esters is 2. The molecule has 346 valence electrons. The first-order valence-electron chi connectivity index (χ1n) is 23.1. The molecule has 59 heavy (non-hydrogen) atoms. The normalized spacial score (nSPS) is 22.5. The highest BCUT2D eigenvalue weighted by molar-refractivity contribution is 7.47. The molecule has 1 rings (SSSR count). The first-order chi connectivity index (χ1) is 28.4. The van der Waals surface area contributed by atoms with Crippen LogP contribution in [0.4, 0.5) is 0 Å². The molecule has 0 amide bonds. The van der Waals surface area contributed by atoms with Crippen molar-refractivity contribution in [3.63, 3.8) is 0 Å². The number of hydrogen-bond donors (Lipinski definition) is 6. The van der Waals surface area contributed by atoms with Crippen LogP contribution < -0.4 is 0 Å². The minimum atomic E-state index is -5.12. The van der Waals surface area contributed by atoms with Gasteiger partial charge in [-0.2, -0.15) is 0 Å². The lowest BCUT2D eigenvalue weighted by molar-refractivity contribution is -0.220. The molecular weight excluding hydrogens is 779 g/mol. The van der Waals surface area contributed by atoms with Crippen molar-refractivity contribution in [3.05, 3.63) is 24.3 Å². The van der Waals surface area contributed by atoms with Gasteiger partial charge in [0.05, 0.1) is 6.61 Å². The van der Waals surface area contributed by atoms with E-state index in [1.54, 1.807) is 0 Å². The van der Waals surface area contributed by atoms with Crippen LogP contribution in [0, 0.1) is 0 Å². The fraction of sp³-hybridized carbons (Fsp3) is 0.867. The van der Waals surface area contributed by atoms with E-state index in [4.69, 9.17) is 18.5 Å². The van der Waals surface area contributed by atoms with Gasteiger partial charge in [0.2, 0.25) is 0 Å². The maximum atomic E-state index is 12.8. The van der Waals surface area contributed by atoms with Gasteiger partial charge >= 0.3 is 19.8 Å². The van der Waals surface area contributed by atoms with E-state index >= 15 is 0 Å². The van der Waals surface area contributed by atoms with Gasteiger partial charge in [0.15, 0.2) is 6.10 Å². The van der Waals surface area contributed by atoms with Gasteiger partial charge in [-0.3, -0.25) is 18.6 Å². The average molecular weight is 863 g/mol. The Labute approximate surface area is 356 Å². The molecule has 1 saturated carbocycles. The lowest BCUT2D eigenvalue weighted by Crippen LogP contribution is -2.64. The molecule has 0 radical (unpaired) electrons. The Morgan fingerprint density at radius 2 is 0.881 bits per heavy atom. The predicted octanol–water partition coefficient (Wildman–Crippen LogP) is 8.84. The molecule has 1 aliphatic rings. The van der Waals surface area contributed by atoms with E-state index in [1.807, 2.05) is 0 Å². The maximum absolute atomic E-state index is 12.8. The molecule has 1 aliphatic carbocycles. The van der Waals surface area contributed by atoms with Crippen LogP contribution in [0.5, 0.6) is 0 Å². The van der Waals surface area contributed by atoms with Crippen molar-refractivity contribution in [2.75, 3.05) is 13.2 Å². The molecule has 14 heteroatoms. The monoisotopic (exact) mass is 863 g/mol. The fourth-order valence-corrected chi connectivity index (χ4v) is 7.94. The molecule has 0 aromatic heterocycles. The standard InChI is InChI=1S/C45H83O13P/c1-3-5-7-9-11-13-15-17-19-21-23-25-27-29-31-33-38(46)55-35-37(36-56-59(53,54)58-45-43(51)41(49)40(48)42(50)44(45)52)57-39(47)34-32-30-28-26-24-22-20-18-16-14-12-10-8-6-4-2/h9,11,22,24,37,40-45,48-52H,3-8,10,12-21,23,25-36H2,1-2H3,(H,53,54)/b11-9+,24-22+/t37-,40?,41-,42?,43?,44?,45?/m1/s1. The number of rotatable bonds is 38. The number of phosphoric ester groups is 1. The average Bonchev–Trinajstić information content (AvgIpc) is 3.21. The Balaban J connectivity index is 2.47. The van der Waals surface area contributed by atoms with E-state index in [1.165, 1.54) is 103 Å². The van der Waals surface area contributed by atoms with Crippen LogP contribution in [-0.4, -0.2) is 98.3 Å². The number of carbonyl (C=O) groups excluding carboxylic acids is 2. The van der Waals surface area contributed by atoms with E-state index in [0.29, 0.717) is 12.8 Å². The zero-order valence-electron chi connectivity index (χ0n) is 36.6. The zero-order valence-corrected chi connectivity index (χ0v) is 37.4. The lowest BCUT2D eigenvalue weighted by atomic mass is 9.85. The van der Waals surface area contributed by atoms with Crippen molar-refractivity contribution < 1.29 is 63.1 Å². The third kappa shape index (κ3) is 28.5. The second-order valence-electron chi connectivity index (χ2n) is 16.3. The molecular formula is C45H83O13P. The van der Waals surface area contributed by atoms with Gasteiger partial charge in [-0.05, 0) is 57.8 Å². The number of hydrogen-bond acceptors (Lipinski definition) is 12. The molecule has 13 nitrogen and oxygen atoms in total. The van der Waals surface area contributed by atoms with E-state index < -0.39 is 75.7 Å². The molecule has 8 atom stereocenters. The predicted molar refractivity (Wildman–Crippen MR) is 230 cm³/mol. The van der Waals surface area contributed by atoms with Gasteiger partial charge < -0.3 is 39.9 Å². The lowest BCUT2D eigenvalue weighted by Gasteiger charge is -2.41. The Kier molecular flexibility index (Phi) is 33.7. The summed E-state index contributed by atoms with van der Waals surface area (Å²) >= 11 is 0. The highest BCUT2D eigenvalue weighted by Crippen LogP contribution is 2.47. The number of unbranched alkanes of at least 4 members (excludes halogenated alkanes) is 22. The van der Waals surface area contributed by atoms with Crippen LogP contribution in [0.3, 0.4) is 0 Å². The van der Waals surface area contributed by atoms with E-state index in [9.17, 15) is 44.6 Å². The summed E-state index contributed by atoms with van der Waals surface area (Å²) in [7, 11) is -5.12. The van der Waals surface area contributed by atoms with Crippen molar-refractivity contribution >= 4 is 19.8 Å². The Hall–Kier alpha value is -1.67. The van der Waals surface area contributed by atoms with Crippen LogP contribution in [0.15, 0.2) is 24.3 Å². The molecule has 0 spiro atoms. The first kappa shape index (κ1) is 55.3. The summed E-state index contributed by atoms with van der Waals surface area (Å²) in [5.74, 6) is -1.12. The van der Waals surface area contributed by atoms with E-state index in [-0.39, 0.29) is 12.8 Å². The number of aliphatic hydroxyl groups excluding tert-OH is 5. The van der Waals surface area contributed by atoms with Crippen LogP contribution in [0.2, 0.25) is 0 Å². The smallest absolute Gasteiger partial charge is 0.462 e. The number of phosphoric acid groups is 1. The summed E-state index contributed by atoms with van der Waals surface area (Å²) in [5.41, 5.74) is 0. The van der Waals surface area contributed by atoms with Crippen molar-refractivity contribution in [1.82, 2.24) is 0 Å². The van der Waals surface area contributed by atoms with Crippen molar-refractivity contribution in [2.45, 2.75) is 236 Å². The number of carbonyl (C=O) groups is 2. The van der Waals surface area contributed by atoms with Crippen molar-refractivity contribution in [3.8, 4) is 0 Å². The molecule has 6 unspecified atom stereocenters. The highest BCUT2D eigenvalue weighted by Gasteiger charge is 2.51. The van der Waals surface area contributed by atoms with E-state index in [2.05, 4.69) is 38.2 Å². The fourth-order valence-electron chi connectivity index (χ4n) is 6.97. The van der Waals surface area contributed by atoms with Gasteiger partial charge in [0.25, 0.3) is 0 Å². The second-order valence-corrected chi connectivity index (χ2v) is 17.7. The third-order valence-corrected chi connectivity index (χ3v) is 11.8. The summed E-state index contributed by atoms with van der Waals surface area (Å²) < 4.78 is 33.5. The number of allylic oxidation sites excluding steroid dienone is 4. The Morgan fingerprint density at radius 1 is 0.508 bits per heavy atom. The summed E-state index contributed by atoms with van der Waals surface area (Å²) in [6.45, 7) is 3.26. The molecule has 0 saturated heterocycles. The van der Waals surface area contributed by atoms with Gasteiger partial charge in [-0.15, -0.1) is 0 Å². The maximum Gasteiger partial charge on any atom is 0.472 e. The topological polar surface area (TPSA) is 210 Å². The SMILES string of the molecule is CCCC/C=C/CCCCCCCCCCCC(=O)OC[C@H](COP(=O)(O)OC1C(O)C(O)C(O)[C@@H](O)C1O)OC(=O)CCCCC/C=C/CCCCCCCCCC. The van der Waals surface area contributed by atoms with Gasteiger partial charge in [0, 0.05) is 12.8 Å². The first-order valence-corrected chi connectivity index (χ1v) is 24.6. The summed E-state index contributed by atoms with van der Waals surface area (Å²) in [5, 5.41) is 50.1. The minimum Gasteiger partial charge on any atom is -0.462 e. The van der Waals surface area contributed by atoms with Gasteiger partial charge in [-0.25, -0.2) is 4.57 Å². The molecule has 0 aromatic carbocycles. The Morgan fingerprint density at radius 3 is 1.36 bits per heavy atom. The molecule has 0 bridgehead atoms. The molecule has 0 aliphatic heterocycles. The zero-order chi connectivity index (χ0) is 43.6. The minimum absolute atomic E-state index is 0.0781. The van der Waals surface area contributed by atoms with Crippen LogP contribution >= 0.6 is 7.82 Å². The van der Waals surface area contributed by atoms with Crippen molar-refractivity contribution in [1.29, 1.82) is 0 Å². The van der Waals surface area contributed by atoms with Crippen molar-refractivity contribution in [2.24, 2.45) is 0 Å². The summed E-state index contributed by atoms with van der Waals surface area (Å²) in [6.07, 6.45) is 25.2. The largest absolute Gasteiger partial charge is 0.472 e. The number of ether oxygens (including phenoxy) is 2. The molecule has 0 aromatic rings. The Bertz CT molecular complexity index is 1130. The second kappa shape index (κ2) is 35.9. The van der Waals surface area contributed by atoms with Crippen LogP contribution in [0.1, 0.15) is 194 Å². The third-order valence-electron chi connectivity index (χ3n) is 10.8. The molecule has 6 N–H and O–H groups in total. The van der Waals surface area contributed by atoms with Crippen LogP contribution in [0.25, 0.3) is 0 Å². The molecule has 0 heterocycles. The number of aliphatic hydroxyl groups is 5. The van der Waals surface area contributed by atoms with Crippen LogP contribution in [-0.2, 0) is 32.7 Å². The van der Waals surface area contributed by atoms with Gasteiger partial charge in [0.1, 0.15) is 43.2 Å². The summed E-state index contributed by atoms with van der Waals surface area (Å²) in [4.78, 5) is 35.7. The summed E-state index contributed by atoms with van der Waals surface area (Å²) in [6, 6.07) is 0. The van der Waals surface area contributed by atoms with Gasteiger partial charge in [-0.1, -0.05) is 147 Å². The van der Waals surface area contributed by atoms with E-state index in [0.717, 1.165) is 51.4 Å². The quantitative estimate of drug-likeness (QED) is 0.0149. The highest BCUT2D eigenvalue weighted by atomic mass is 31.2. The molecule has 1 fully saturated rings.